The van der Waals surface area contributed by atoms with E-state index in [0.717, 1.165) is 0 Å². The van der Waals surface area contributed by atoms with Crippen molar-refractivity contribution in [2.75, 3.05) is 26.6 Å². The van der Waals surface area contributed by atoms with E-state index in [4.69, 9.17) is 0 Å². The van der Waals surface area contributed by atoms with Crippen LogP contribution in [-0.4, -0.2) is 78.2 Å². The largest absolute Gasteiger partial charge is 0.715 e. The van der Waals surface area contributed by atoms with Gasteiger partial charge in [0.2, 0.25) is 10.3 Å². The molecule has 0 aromatic rings. The zero-order valence-electron chi connectivity index (χ0n) is 11.5. The Bertz CT molecular complexity index is 597. The van der Waals surface area contributed by atoms with Crippen LogP contribution in [0.25, 0.3) is 0 Å². The molecule has 0 atom stereocenters. The van der Waals surface area contributed by atoms with Gasteiger partial charge in [0.15, 0.2) is 13.1 Å². The fourth-order valence-corrected chi connectivity index (χ4v) is 1.58. The number of nitrogens with zero attached hydrogens (tertiary/aromatic N) is 8. The molecule has 0 aliphatic carbocycles. The summed E-state index contributed by atoms with van der Waals surface area (Å²) in [5.74, 6) is -0.586. The van der Waals surface area contributed by atoms with Gasteiger partial charge in [-0.05, 0) is 10.0 Å². The van der Waals surface area contributed by atoms with Gasteiger partial charge in [-0.25, -0.2) is 10.1 Å². The third-order valence-electron chi connectivity index (χ3n) is 2.68. The minimum absolute atomic E-state index is 0.00648. The maximum absolute atomic E-state index is 11.3. The van der Waals surface area contributed by atoms with Crippen LogP contribution in [0.4, 0.5) is 0 Å². The smallest absolute Gasteiger partial charge is 0.326 e. The van der Waals surface area contributed by atoms with Gasteiger partial charge in [-0.2, -0.15) is 0 Å². The van der Waals surface area contributed by atoms with E-state index in [1.165, 1.54) is 0 Å². The first-order valence-electron chi connectivity index (χ1n) is 5.87. The van der Waals surface area contributed by atoms with Crippen LogP contribution in [0.5, 0.6) is 0 Å². The first-order chi connectivity index (χ1) is 11.2. The quantitative estimate of drug-likeness (QED) is 0.134. The van der Waals surface area contributed by atoms with E-state index in [2.05, 4.69) is 9.68 Å². The Hall–Kier alpha value is -3.86. The second kappa shape index (κ2) is 6.10. The minimum atomic E-state index is -1.26. The van der Waals surface area contributed by atoms with Crippen molar-refractivity contribution < 1.29 is 34.4 Å². The highest BCUT2D eigenvalue weighted by Crippen LogP contribution is 2.16. The molecule has 0 radical (unpaired) electrons. The maximum Gasteiger partial charge on any atom is 0.326 e. The highest BCUT2D eigenvalue weighted by atomic mass is 17.0. The molecule has 0 aromatic heterocycles. The van der Waals surface area contributed by atoms with Crippen LogP contribution in [-0.2, 0) is 9.68 Å². The molecule has 2 rings (SSSR count). The van der Waals surface area contributed by atoms with Gasteiger partial charge in [-0.3, -0.25) is 19.2 Å². The van der Waals surface area contributed by atoms with Crippen LogP contribution in [0.2, 0.25) is 0 Å². The summed E-state index contributed by atoms with van der Waals surface area (Å²) in [6.45, 7) is -2.76. The summed E-state index contributed by atoms with van der Waals surface area (Å²) in [6, 6.07) is 0. The van der Waals surface area contributed by atoms with Crippen molar-refractivity contribution >= 4 is 11.7 Å². The van der Waals surface area contributed by atoms with Gasteiger partial charge in [0.25, 0.3) is 23.6 Å². The molecule has 18 nitrogen and oxygen atoms in total. The van der Waals surface area contributed by atoms with Crippen molar-refractivity contribution in [1.82, 2.24) is 15.2 Å². The third kappa shape index (κ3) is 3.66. The highest BCUT2D eigenvalue weighted by molar-refractivity contribution is 5.87. The van der Waals surface area contributed by atoms with Crippen LogP contribution in [0, 0.1) is 40.8 Å². The number of amidine groups is 2. The molecular weight excluding hydrogens is 344 g/mol. The van der Waals surface area contributed by atoms with Crippen molar-refractivity contribution in [3.8, 4) is 0 Å². The molecule has 24 heavy (non-hydrogen) atoms. The fraction of sp³-hybridized carbons (Fsp3) is 0.667. The lowest BCUT2D eigenvalue weighted by atomic mass is 10.7. The molecule has 0 bridgehead atoms. The van der Waals surface area contributed by atoms with E-state index in [-0.39, 0.29) is 39.5 Å². The van der Waals surface area contributed by atoms with E-state index in [1.54, 1.807) is 0 Å². The predicted molar refractivity (Wildman–Crippen MR) is 65.4 cm³/mol. The van der Waals surface area contributed by atoms with Gasteiger partial charge < -0.3 is 10.4 Å². The Morgan fingerprint density at radius 1 is 0.875 bits per heavy atom. The third-order valence-corrected chi connectivity index (χ3v) is 2.68. The summed E-state index contributed by atoms with van der Waals surface area (Å²) < 4.78 is 0.498. The van der Waals surface area contributed by atoms with Crippen LogP contribution < -0.4 is 0 Å². The van der Waals surface area contributed by atoms with E-state index in [9.17, 15) is 40.8 Å². The van der Waals surface area contributed by atoms with E-state index < -0.39 is 28.7 Å². The molecule has 18 heteroatoms. The molecule has 0 N–H and O–H groups in total. The Labute approximate surface area is 130 Å². The van der Waals surface area contributed by atoms with Crippen molar-refractivity contribution in [2.24, 2.45) is 0 Å². The minimum Gasteiger partial charge on any atom is -0.715 e. The zero-order valence-corrected chi connectivity index (χ0v) is 11.5. The van der Waals surface area contributed by atoms with Gasteiger partial charge in [0.05, 0.1) is 0 Å². The lowest BCUT2D eigenvalue weighted by molar-refractivity contribution is -0.795. The van der Waals surface area contributed by atoms with Crippen LogP contribution in [0.3, 0.4) is 0 Å². The predicted octanol–water partition coefficient (Wildman–Crippen LogP) is -2.91. The molecule has 0 unspecified atom stereocenters. The summed E-state index contributed by atoms with van der Waals surface area (Å²) in [7, 11) is 0. The van der Waals surface area contributed by atoms with E-state index in [1.807, 2.05) is 0 Å². The van der Waals surface area contributed by atoms with Gasteiger partial charge in [-0.1, -0.05) is 0 Å². The summed E-state index contributed by atoms with van der Waals surface area (Å²) in [5.41, 5.74) is 0. The van der Waals surface area contributed by atoms with Gasteiger partial charge in [0, 0.05) is 0 Å². The zero-order chi connectivity index (χ0) is 18.0. The number of hydroxylamine groups is 2. The second-order valence-corrected chi connectivity index (χ2v) is 4.17. The SMILES string of the molecule is O=[N+]([O-])OCN(C1=[N+]([O-])C1)N(N(CO[N+](=O)[O-])C1=[N+]([O-])C1)[N+](=O)[O-]. The molecule has 0 saturated heterocycles. The van der Waals surface area contributed by atoms with Crippen molar-refractivity contribution in [3.05, 3.63) is 40.8 Å². The van der Waals surface area contributed by atoms with Crippen LogP contribution in [0.1, 0.15) is 0 Å². The van der Waals surface area contributed by atoms with Crippen LogP contribution in [0.15, 0.2) is 0 Å². The maximum atomic E-state index is 11.3. The van der Waals surface area contributed by atoms with E-state index >= 15 is 0 Å². The normalized spacial score (nSPS) is 14.8. The Kier molecular flexibility index (Phi) is 4.19. The molecule has 2 heterocycles. The van der Waals surface area contributed by atoms with Crippen molar-refractivity contribution in [2.45, 2.75) is 0 Å². The number of nitro groups is 1. The average Bonchev–Trinajstić information content (AvgIpc) is 3.36. The number of rotatable bonds is 9. The summed E-state index contributed by atoms with van der Waals surface area (Å²) >= 11 is 0. The Balaban J connectivity index is 2.26. The second-order valence-electron chi connectivity index (χ2n) is 4.17. The highest BCUT2D eigenvalue weighted by Gasteiger charge is 2.55. The molecule has 0 fully saturated rings. The fourth-order valence-electron chi connectivity index (χ4n) is 1.58. The number of hydrogen-bond acceptors (Lipinski definition) is 12. The molecule has 0 spiro atoms. The Morgan fingerprint density at radius 2 is 1.21 bits per heavy atom. The van der Waals surface area contributed by atoms with Crippen LogP contribution >= 0.6 is 0 Å². The number of hydrogen-bond donors (Lipinski definition) is 0. The lowest BCUT2D eigenvalue weighted by Crippen LogP contribution is -2.59. The summed E-state index contributed by atoms with van der Waals surface area (Å²) in [5, 5.41) is 51.3. The molecular formula is C6H8N8O10. The Morgan fingerprint density at radius 3 is 1.42 bits per heavy atom. The molecule has 2 aliphatic heterocycles. The van der Waals surface area contributed by atoms with Gasteiger partial charge in [-0.15, -0.1) is 20.2 Å². The van der Waals surface area contributed by atoms with E-state index in [0.29, 0.717) is 10.0 Å². The first kappa shape index (κ1) is 16.5. The topological polar surface area (TPSA) is 210 Å². The standard InChI is InChI=1S/C6H8N8O10/c15-9-1-5(9)7(3-23-13(19)20)11(12(17)18)8(4-24-14(21)22)6-2-10(6)16/h1-4H2. The molecule has 0 amide bonds. The average molecular weight is 352 g/mol. The number of hydrazine groups is 3. The summed E-state index contributed by atoms with van der Waals surface area (Å²) in [4.78, 5) is 39.8. The lowest BCUT2D eigenvalue weighted by Gasteiger charge is -2.20. The monoisotopic (exact) mass is 352 g/mol. The van der Waals surface area contributed by atoms with Crippen molar-refractivity contribution in [1.29, 1.82) is 0 Å². The molecule has 132 valence electrons. The molecule has 0 aromatic carbocycles. The molecule has 0 saturated carbocycles. The molecule has 2 aliphatic rings. The summed E-state index contributed by atoms with van der Waals surface area (Å²) in [6.07, 6.45) is 0. The van der Waals surface area contributed by atoms with Gasteiger partial charge in [0.1, 0.15) is 0 Å². The first-order valence-corrected chi connectivity index (χ1v) is 5.87. The van der Waals surface area contributed by atoms with Gasteiger partial charge >= 0.3 is 11.7 Å². The van der Waals surface area contributed by atoms with Crippen molar-refractivity contribution in [3.63, 3.8) is 0 Å².